The Morgan fingerprint density at radius 2 is 1.83 bits per heavy atom. The van der Waals surface area contributed by atoms with Crippen LogP contribution < -0.4 is 0 Å². The van der Waals surface area contributed by atoms with Gasteiger partial charge in [0.05, 0.1) is 0 Å². The summed E-state index contributed by atoms with van der Waals surface area (Å²) in [6.07, 6.45) is 2.22. The van der Waals surface area contributed by atoms with E-state index in [-0.39, 0.29) is 6.04 Å². The first kappa shape index (κ1) is 12.4. The molecule has 96 valence electrons. The topological polar surface area (TPSA) is 23.5 Å². The second-order valence-corrected chi connectivity index (χ2v) is 6.49. The van der Waals surface area contributed by atoms with Crippen LogP contribution in [0.5, 0.6) is 0 Å². The molecular formula is C14H17NOS2. The quantitative estimate of drug-likeness (QED) is 0.933. The first-order valence-corrected chi connectivity index (χ1v) is 8.09. The van der Waals surface area contributed by atoms with Crippen LogP contribution in [0.15, 0.2) is 33.7 Å². The van der Waals surface area contributed by atoms with Crippen molar-refractivity contribution in [3.8, 4) is 0 Å². The molecule has 0 aromatic carbocycles. The van der Waals surface area contributed by atoms with E-state index in [1.807, 2.05) is 10.8 Å². The smallest absolute Gasteiger partial charge is 0.132 e. The van der Waals surface area contributed by atoms with Crippen LogP contribution in [0.1, 0.15) is 24.0 Å². The average Bonchev–Trinajstić information content (AvgIpc) is 3.11. The molecule has 1 N–H and O–H groups in total. The van der Waals surface area contributed by atoms with E-state index in [1.165, 1.54) is 0 Å². The van der Waals surface area contributed by atoms with Crippen LogP contribution in [0.3, 0.4) is 0 Å². The third kappa shape index (κ3) is 1.84. The van der Waals surface area contributed by atoms with Crippen LogP contribution in [-0.2, 0) is 5.60 Å². The fourth-order valence-electron chi connectivity index (χ4n) is 2.95. The van der Waals surface area contributed by atoms with Crippen molar-refractivity contribution in [2.24, 2.45) is 0 Å². The lowest BCUT2D eigenvalue weighted by Crippen LogP contribution is -2.46. The van der Waals surface area contributed by atoms with Gasteiger partial charge in [-0.3, -0.25) is 4.90 Å². The van der Waals surface area contributed by atoms with Crippen molar-refractivity contribution in [1.29, 1.82) is 0 Å². The van der Waals surface area contributed by atoms with Crippen molar-refractivity contribution >= 4 is 22.7 Å². The number of hydrogen-bond acceptors (Lipinski definition) is 4. The molecule has 3 heterocycles. The molecule has 1 aliphatic heterocycles. The number of likely N-dealkylation sites (N-methyl/N-ethyl adjacent to an activating group) is 1. The highest BCUT2D eigenvalue weighted by Crippen LogP contribution is 2.41. The fraction of sp³-hybridized carbons (Fsp3) is 0.429. The van der Waals surface area contributed by atoms with Gasteiger partial charge in [0.25, 0.3) is 0 Å². The third-order valence-electron chi connectivity index (χ3n) is 3.93. The second-order valence-electron chi connectivity index (χ2n) is 4.93. The number of likely N-dealkylation sites (tertiary alicyclic amines) is 1. The number of rotatable bonds is 3. The van der Waals surface area contributed by atoms with Crippen molar-refractivity contribution in [2.75, 3.05) is 13.6 Å². The molecule has 2 aromatic heterocycles. The van der Waals surface area contributed by atoms with Crippen molar-refractivity contribution in [3.63, 3.8) is 0 Å². The van der Waals surface area contributed by atoms with Crippen molar-refractivity contribution in [2.45, 2.75) is 24.5 Å². The minimum Gasteiger partial charge on any atom is -0.379 e. The normalized spacial score (nSPS) is 21.6. The zero-order valence-electron chi connectivity index (χ0n) is 10.4. The molecule has 0 bridgehead atoms. The predicted molar refractivity (Wildman–Crippen MR) is 77.3 cm³/mol. The van der Waals surface area contributed by atoms with E-state index < -0.39 is 5.60 Å². The van der Waals surface area contributed by atoms with Gasteiger partial charge in [0.15, 0.2) is 0 Å². The molecule has 0 amide bonds. The van der Waals surface area contributed by atoms with Crippen LogP contribution in [0.25, 0.3) is 0 Å². The van der Waals surface area contributed by atoms with Gasteiger partial charge in [-0.1, -0.05) is 0 Å². The van der Waals surface area contributed by atoms with Gasteiger partial charge in [-0.05, 0) is 60.1 Å². The Hall–Kier alpha value is -0.680. The van der Waals surface area contributed by atoms with Gasteiger partial charge in [-0.15, -0.1) is 0 Å². The van der Waals surface area contributed by atoms with Crippen LogP contribution in [0.2, 0.25) is 0 Å². The van der Waals surface area contributed by atoms with Gasteiger partial charge in [0, 0.05) is 17.2 Å². The van der Waals surface area contributed by atoms with Gasteiger partial charge in [0.2, 0.25) is 0 Å². The molecule has 0 aliphatic carbocycles. The Balaban J connectivity index is 2.09. The zero-order valence-corrected chi connectivity index (χ0v) is 12.0. The first-order valence-electron chi connectivity index (χ1n) is 6.21. The molecule has 0 spiro atoms. The lowest BCUT2D eigenvalue weighted by Gasteiger charge is -2.37. The van der Waals surface area contributed by atoms with Gasteiger partial charge in [-0.25, -0.2) is 0 Å². The van der Waals surface area contributed by atoms with Gasteiger partial charge in [0.1, 0.15) is 5.60 Å². The maximum absolute atomic E-state index is 11.4. The number of aliphatic hydroxyl groups is 1. The number of hydrogen-bond donors (Lipinski definition) is 1. The monoisotopic (exact) mass is 279 g/mol. The number of thiophene rings is 2. The second kappa shape index (κ2) is 4.78. The highest BCUT2D eigenvalue weighted by atomic mass is 32.1. The largest absolute Gasteiger partial charge is 0.379 e. The molecule has 18 heavy (non-hydrogen) atoms. The molecule has 0 radical (unpaired) electrons. The van der Waals surface area contributed by atoms with Crippen molar-refractivity contribution in [3.05, 3.63) is 44.8 Å². The van der Waals surface area contributed by atoms with Gasteiger partial charge >= 0.3 is 0 Å². The molecule has 1 aliphatic rings. The molecule has 1 unspecified atom stereocenters. The standard InChI is InChI=1S/C14H17NOS2/c1-15-6-2-3-13(15)14(16,11-4-7-17-9-11)12-5-8-18-10-12/h4-5,7-10,13,16H,2-3,6H2,1H3. The minimum absolute atomic E-state index is 0.182. The molecule has 2 aromatic rings. The number of nitrogens with zero attached hydrogens (tertiary/aromatic N) is 1. The van der Waals surface area contributed by atoms with Crippen LogP contribution in [0.4, 0.5) is 0 Å². The van der Waals surface area contributed by atoms with E-state index in [2.05, 4.69) is 34.8 Å². The van der Waals surface area contributed by atoms with E-state index in [0.29, 0.717) is 0 Å². The molecule has 1 fully saturated rings. The van der Waals surface area contributed by atoms with E-state index >= 15 is 0 Å². The highest BCUT2D eigenvalue weighted by Gasteiger charge is 2.44. The summed E-state index contributed by atoms with van der Waals surface area (Å²) in [5.74, 6) is 0. The molecule has 1 atom stereocenters. The van der Waals surface area contributed by atoms with E-state index in [0.717, 1.165) is 30.5 Å². The highest BCUT2D eigenvalue weighted by molar-refractivity contribution is 7.08. The fourth-order valence-corrected chi connectivity index (χ4v) is 4.37. The Kier molecular flexibility index (Phi) is 3.28. The molecule has 2 nitrogen and oxygen atoms in total. The minimum atomic E-state index is -0.856. The molecular weight excluding hydrogens is 262 g/mol. The molecule has 1 saturated heterocycles. The Bertz CT molecular complexity index is 458. The maximum Gasteiger partial charge on any atom is 0.132 e. The van der Waals surface area contributed by atoms with E-state index in [1.54, 1.807) is 22.7 Å². The summed E-state index contributed by atoms with van der Waals surface area (Å²) in [7, 11) is 2.11. The summed E-state index contributed by atoms with van der Waals surface area (Å²) in [6.45, 7) is 1.07. The van der Waals surface area contributed by atoms with E-state index in [9.17, 15) is 5.11 Å². The Morgan fingerprint density at radius 3 is 2.22 bits per heavy atom. The van der Waals surface area contributed by atoms with Gasteiger partial charge < -0.3 is 5.11 Å². The molecule has 3 rings (SSSR count). The summed E-state index contributed by atoms with van der Waals surface area (Å²) in [5.41, 5.74) is 1.21. The predicted octanol–water partition coefficient (Wildman–Crippen LogP) is 3.14. The van der Waals surface area contributed by atoms with Gasteiger partial charge in [-0.2, -0.15) is 22.7 Å². The first-order chi connectivity index (χ1) is 8.73. The molecule has 4 heteroatoms. The summed E-state index contributed by atoms with van der Waals surface area (Å²) >= 11 is 3.30. The summed E-state index contributed by atoms with van der Waals surface area (Å²) in [6, 6.07) is 4.28. The Labute approximate surface area is 116 Å². The maximum atomic E-state index is 11.4. The zero-order chi connectivity index (χ0) is 12.6. The van der Waals surface area contributed by atoms with E-state index in [4.69, 9.17) is 0 Å². The molecule has 0 saturated carbocycles. The summed E-state index contributed by atoms with van der Waals surface area (Å²) in [5, 5.41) is 19.6. The third-order valence-corrected chi connectivity index (χ3v) is 5.29. The van der Waals surface area contributed by atoms with Crippen LogP contribution in [0, 0.1) is 0 Å². The lowest BCUT2D eigenvalue weighted by molar-refractivity contribution is 0.00539. The SMILES string of the molecule is CN1CCCC1C(O)(c1ccsc1)c1ccsc1. The Morgan fingerprint density at radius 1 is 1.22 bits per heavy atom. The van der Waals surface area contributed by atoms with Crippen molar-refractivity contribution in [1.82, 2.24) is 4.90 Å². The lowest BCUT2D eigenvalue weighted by atomic mass is 9.81. The average molecular weight is 279 g/mol. The van der Waals surface area contributed by atoms with Crippen LogP contribution in [-0.4, -0.2) is 29.6 Å². The van der Waals surface area contributed by atoms with Crippen molar-refractivity contribution < 1.29 is 5.11 Å². The van der Waals surface area contributed by atoms with Crippen LogP contribution >= 0.6 is 22.7 Å². The summed E-state index contributed by atoms with van der Waals surface area (Å²) in [4.78, 5) is 2.29. The summed E-state index contributed by atoms with van der Waals surface area (Å²) < 4.78 is 0.